The zero-order chi connectivity index (χ0) is 26.7. The Kier molecular flexibility index (Phi) is 7.47. The number of esters is 1. The molecule has 0 bridgehead atoms. The molecule has 0 saturated carbocycles. The minimum atomic E-state index is -3.71. The molecule has 0 radical (unpaired) electrons. The van der Waals surface area contributed by atoms with E-state index in [0.717, 1.165) is 11.1 Å². The summed E-state index contributed by atoms with van der Waals surface area (Å²) in [6.45, 7) is 7.42. The number of carbonyl (C=O) groups is 2. The van der Waals surface area contributed by atoms with Gasteiger partial charge in [-0.1, -0.05) is 24.3 Å². The van der Waals surface area contributed by atoms with Gasteiger partial charge in [0.05, 0.1) is 29.2 Å². The van der Waals surface area contributed by atoms with Crippen LogP contribution in [-0.4, -0.2) is 26.9 Å². The van der Waals surface area contributed by atoms with Gasteiger partial charge in [-0.25, -0.2) is 17.9 Å². The van der Waals surface area contributed by atoms with E-state index < -0.39 is 16.0 Å². The van der Waals surface area contributed by atoms with Crippen LogP contribution in [0.1, 0.15) is 36.5 Å². The highest BCUT2D eigenvalue weighted by Gasteiger charge is 2.38. The molecule has 4 rings (SSSR count). The summed E-state index contributed by atoms with van der Waals surface area (Å²) in [7, 11) is -3.71. The molecule has 0 fully saturated rings. The van der Waals surface area contributed by atoms with Gasteiger partial charge in [0.2, 0.25) is 10.0 Å². The van der Waals surface area contributed by atoms with Crippen LogP contribution in [0.15, 0.2) is 86.8 Å². The van der Waals surface area contributed by atoms with Crippen molar-refractivity contribution in [3.63, 3.8) is 0 Å². The molecule has 0 unspecified atom stereocenters. The largest absolute Gasteiger partial charge is 0.462 e. The van der Waals surface area contributed by atoms with Crippen LogP contribution >= 0.6 is 0 Å². The van der Waals surface area contributed by atoms with E-state index in [1.165, 1.54) is 23.1 Å². The van der Waals surface area contributed by atoms with Crippen LogP contribution in [0.5, 0.6) is 0 Å². The third-order valence-electron chi connectivity index (χ3n) is 6.09. The predicted octanol–water partition coefficient (Wildman–Crippen LogP) is 4.64. The maximum Gasteiger partial charge on any atom is 0.340 e. The summed E-state index contributed by atoms with van der Waals surface area (Å²) in [6.07, 6.45) is 1.48. The zero-order valence-corrected chi connectivity index (χ0v) is 21.9. The van der Waals surface area contributed by atoms with Crippen molar-refractivity contribution in [2.24, 2.45) is 0 Å². The molecule has 0 atom stereocenters. The van der Waals surface area contributed by atoms with Gasteiger partial charge in [0, 0.05) is 11.4 Å². The molecule has 1 amide bonds. The molecule has 3 aromatic rings. The number of nitrogens with one attached hydrogen (secondary N) is 1. The van der Waals surface area contributed by atoms with Crippen LogP contribution in [0.2, 0.25) is 0 Å². The van der Waals surface area contributed by atoms with Gasteiger partial charge in [-0.3, -0.25) is 9.69 Å². The van der Waals surface area contributed by atoms with Crippen molar-refractivity contribution in [1.29, 1.82) is 0 Å². The lowest BCUT2D eigenvalue weighted by atomic mass is 10.1. The average molecular weight is 521 g/mol. The number of rotatable bonds is 8. The molecule has 1 aromatic heterocycles. The number of anilines is 1. The molecule has 0 aliphatic carbocycles. The van der Waals surface area contributed by atoms with E-state index in [9.17, 15) is 18.0 Å². The molecule has 0 saturated heterocycles. The fraction of sp³-hybridized carbons (Fsp3) is 0.214. The maximum atomic E-state index is 13.5. The second-order valence-electron chi connectivity index (χ2n) is 8.59. The third-order valence-corrected chi connectivity index (χ3v) is 7.50. The fourth-order valence-corrected chi connectivity index (χ4v) is 5.03. The van der Waals surface area contributed by atoms with Crippen molar-refractivity contribution >= 4 is 33.7 Å². The van der Waals surface area contributed by atoms with Crippen LogP contribution in [0.25, 0.3) is 6.08 Å². The zero-order valence-electron chi connectivity index (χ0n) is 21.1. The first-order valence-corrected chi connectivity index (χ1v) is 13.3. The van der Waals surface area contributed by atoms with Crippen molar-refractivity contribution in [1.82, 2.24) is 4.72 Å². The van der Waals surface area contributed by atoms with E-state index >= 15 is 0 Å². The van der Waals surface area contributed by atoms with Crippen molar-refractivity contribution in [2.75, 3.05) is 11.5 Å². The van der Waals surface area contributed by atoms with E-state index in [1.807, 2.05) is 32.0 Å². The molecule has 1 aliphatic heterocycles. The molecule has 9 heteroatoms. The Morgan fingerprint density at radius 2 is 1.76 bits per heavy atom. The van der Waals surface area contributed by atoms with Gasteiger partial charge >= 0.3 is 5.97 Å². The Balaban J connectivity index is 1.63. The number of amides is 1. The van der Waals surface area contributed by atoms with E-state index in [-0.39, 0.29) is 35.1 Å². The number of hydrogen-bond acceptors (Lipinski definition) is 6. The summed E-state index contributed by atoms with van der Waals surface area (Å²) in [5, 5.41) is 0. The van der Waals surface area contributed by atoms with Crippen LogP contribution in [0.4, 0.5) is 5.69 Å². The molecular weight excluding hydrogens is 492 g/mol. The molecule has 1 aliphatic rings. The van der Waals surface area contributed by atoms with E-state index in [0.29, 0.717) is 22.9 Å². The van der Waals surface area contributed by atoms with E-state index in [4.69, 9.17) is 9.15 Å². The van der Waals surface area contributed by atoms with Gasteiger partial charge in [0.1, 0.15) is 11.5 Å². The SMILES string of the molecule is CCOC(=O)C1=C(C)N(c2ccc(C)c(C)c2)C(=O)/C1=C/c1ccc(CNS(=O)(=O)c2ccccc2)o1. The molecule has 1 N–H and O–H groups in total. The minimum absolute atomic E-state index is 0.0806. The number of aryl methyl sites for hydroxylation is 2. The third kappa shape index (κ3) is 5.42. The lowest BCUT2D eigenvalue weighted by Crippen LogP contribution is -2.24. The van der Waals surface area contributed by atoms with E-state index in [2.05, 4.69) is 4.72 Å². The lowest BCUT2D eigenvalue weighted by Gasteiger charge is -2.19. The van der Waals surface area contributed by atoms with Crippen molar-refractivity contribution in [2.45, 2.75) is 39.1 Å². The number of allylic oxidation sites excluding steroid dienone is 1. The Labute approximate surface area is 216 Å². The molecule has 2 heterocycles. The number of hydrogen-bond donors (Lipinski definition) is 1. The molecule has 37 heavy (non-hydrogen) atoms. The first-order chi connectivity index (χ1) is 17.6. The van der Waals surface area contributed by atoms with Gasteiger partial charge in [0.15, 0.2) is 0 Å². The minimum Gasteiger partial charge on any atom is -0.462 e. The number of carbonyl (C=O) groups excluding carboxylic acids is 2. The molecule has 192 valence electrons. The average Bonchev–Trinajstić information content (AvgIpc) is 3.42. The van der Waals surface area contributed by atoms with Gasteiger partial charge in [-0.15, -0.1) is 0 Å². The number of nitrogens with zero attached hydrogens (tertiary/aromatic N) is 1. The fourth-order valence-electron chi connectivity index (χ4n) is 4.02. The standard InChI is InChI=1S/C28H28N2O6S/c1-5-35-28(32)26-20(4)30(21-12-11-18(2)19(3)15-21)27(31)25(26)16-22-13-14-23(36-22)17-29-37(33,34)24-9-7-6-8-10-24/h6-16,29H,5,17H2,1-4H3/b25-16+. The summed E-state index contributed by atoms with van der Waals surface area (Å²) in [6, 6.07) is 16.9. The first-order valence-electron chi connectivity index (χ1n) is 11.8. The Bertz CT molecular complexity index is 1520. The molecule has 0 spiro atoms. The van der Waals surface area contributed by atoms with Gasteiger partial charge in [-0.2, -0.15) is 0 Å². The number of benzene rings is 2. The lowest BCUT2D eigenvalue weighted by molar-refractivity contribution is -0.138. The smallest absolute Gasteiger partial charge is 0.340 e. The normalized spacial score (nSPS) is 15.1. The van der Waals surface area contributed by atoms with Crippen molar-refractivity contribution in [3.05, 3.63) is 100 Å². The summed E-state index contributed by atoms with van der Waals surface area (Å²) >= 11 is 0. The van der Waals surface area contributed by atoms with Crippen LogP contribution in [0, 0.1) is 13.8 Å². The highest BCUT2D eigenvalue weighted by molar-refractivity contribution is 7.89. The van der Waals surface area contributed by atoms with Gasteiger partial charge < -0.3 is 9.15 Å². The predicted molar refractivity (Wildman–Crippen MR) is 140 cm³/mol. The Hall–Kier alpha value is -3.95. The summed E-state index contributed by atoms with van der Waals surface area (Å²) in [5.74, 6) is -0.338. The van der Waals surface area contributed by atoms with Crippen LogP contribution < -0.4 is 9.62 Å². The summed E-state index contributed by atoms with van der Waals surface area (Å²) < 4.78 is 38.5. The van der Waals surface area contributed by atoms with Gasteiger partial charge in [0.25, 0.3) is 5.91 Å². The van der Waals surface area contributed by atoms with Crippen molar-refractivity contribution < 1.29 is 27.2 Å². The maximum absolute atomic E-state index is 13.5. The second-order valence-corrected chi connectivity index (χ2v) is 10.4. The highest BCUT2D eigenvalue weighted by Crippen LogP contribution is 2.36. The highest BCUT2D eigenvalue weighted by atomic mass is 32.2. The number of ether oxygens (including phenoxy) is 1. The van der Waals surface area contributed by atoms with Crippen LogP contribution in [0.3, 0.4) is 0 Å². The first kappa shape index (κ1) is 26.1. The summed E-state index contributed by atoms with van der Waals surface area (Å²) in [5.41, 5.74) is 3.51. The topological polar surface area (TPSA) is 106 Å². The van der Waals surface area contributed by atoms with Crippen molar-refractivity contribution in [3.8, 4) is 0 Å². The summed E-state index contributed by atoms with van der Waals surface area (Å²) in [4.78, 5) is 28.0. The molecule has 2 aromatic carbocycles. The molecule has 8 nitrogen and oxygen atoms in total. The van der Waals surface area contributed by atoms with Crippen LogP contribution in [-0.2, 0) is 30.9 Å². The second kappa shape index (κ2) is 10.6. The van der Waals surface area contributed by atoms with E-state index in [1.54, 1.807) is 44.2 Å². The van der Waals surface area contributed by atoms with Gasteiger partial charge in [-0.05, 0) is 81.3 Å². The number of sulfonamides is 1. The number of furan rings is 1. The Morgan fingerprint density at radius 1 is 1.03 bits per heavy atom. The Morgan fingerprint density at radius 3 is 2.43 bits per heavy atom. The quantitative estimate of drug-likeness (QED) is 0.343. The monoisotopic (exact) mass is 520 g/mol. The molecular formula is C28H28N2O6S.